The molecule has 3 aromatic rings. The van der Waals surface area contributed by atoms with Crippen molar-refractivity contribution >= 4 is 23.9 Å². The third-order valence-electron chi connectivity index (χ3n) is 8.32. The number of para-hydroxylation sites is 1. The third kappa shape index (κ3) is 7.35. The number of aryl methyl sites for hydroxylation is 1. The lowest BCUT2D eigenvalue weighted by Crippen LogP contribution is -2.38. The molecule has 1 amide bonds. The molecule has 11 heteroatoms. The average molecular weight is 621 g/mol. The van der Waals surface area contributed by atoms with E-state index in [2.05, 4.69) is 22.4 Å². The molecule has 0 spiro atoms. The predicted molar refractivity (Wildman–Crippen MR) is 164 cm³/mol. The maximum Gasteiger partial charge on any atom is 0.432 e. The summed E-state index contributed by atoms with van der Waals surface area (Å²) < 4.78 is 47.5. The van der Waals surface area contributed by atoms with Crippen molar-refractivity contribution in [3.63, 3.8) is 0 Å². The Balaban J connectivity index is 1.32. The van der Waals surface area contributed by atoms with Crippen molar-refractivity contribution in [3.05, 3.63) is 88.6 Å². The monoisotopic (exact) mass is 620 g/mol. The minimum Gasteiger partial charge on any atom is -0.485 e. The number of allylic oxidation sites excluding steroid dienone is 1. The minimum atomic E-state index is -5.06. The highest BCUT2D eigenvalue weighted by Crippen LogP contribution is 2.38. The van der Waals surface area contributed by atoms with Crippen molar-refractivity contribution in [1.82, 2.24) is 9.88 Å². The zero-order valence-electron chi connectivity index (χ0n) is 25.0. The molecule has 1 saturated carbocycles. The van der Waals surface area contributed by atoms with E-state index in [0.29, 0.717) is 28.8 Å². The lowest BCUT2D eigenvalue weighted by Gasteiger charge is -2.32. The number of carboxylic acid groups (broad SMARTS) is 1. The number of piperidine rings is 1. The number of amides is 1. The molecule has 0 radical (unpaired) electrons. The van der Waals surface area contributed by atoms with Gasteiger partial charge >= 0.3 is 12.1 Å². The fraction of sp³-hybridized carbons (Fsp3) is 0.353. The number of likely N-dealkylation sites (tertiary alicyclic amines) is 1. The molecule has 2 fully saturated rings. The van der Waals surface area contributed by atoms with Gasteiger partial charge in [0.25, 0.3) is 0 Å². The highest BCUT2D eigenvalue weighted by atomic mass is 19.4. The number of aromatic nitrogens is 1. The molecule has 236 valence electrons. The molecule has 0 bridgehead atoms. The molecule has 2 heterocycles. The maximum atomic E-state index is 13.7. The molecule has 2 aliphatic rings. The number of halogens is 3. The van der Waals surface area contributed by atoms with Crippen LogP contribution in [0.25, 0.3) is 11.3 Å². The first-order chi connectivity index (χ1) is 21.5. The van der Waals surface area contributed by atoms with Gasteiger partial charge in [0.2, 0.25) is 5.91 Å². The molecule has 2 aromatic carbocycles. The standard InChI is InChI=1S/C34H35F3N4O4/c1-20-5-3-6-26(28-7-4-8-29(39-28)40-31(34(35,36)37)27(19-38)33(43)44)30(20)45-21(2)22-9-11-23(12-10-22)24-15-17-41(18-16-24)32(42)25-13-14-25/h3-12,19,21,24-25,38H,13-18H2,1-2H3,(H,39,40)(H,43,44)/b31-27+,38-19?. The van der Waals surface area contributed by atoms with Crippen molar-refractivity contribution in [2.75, 3.05) is 18.4 Å². The van der Waals surface area contributed by atoms with Crippen LogP contribution >= 0.6 is 0 Å². The van der Waals surface area contributed by atoms with Crippen molar-refractivity contribution < 1.29 is 32.6 Å². The van der Waals surface area contributed by atoms with Gasteiger partial charge in [-0.25, -0.2) is 9.78 Å². The van der Waals surface area contributed by atoms with Gasteiger partial charge < -0.3 is 25.5 Å². The molecule has 1 aliphatic carbocycles. The molecule has 5 rings (SSSR count). The fourth-order valence-electron chi connectivity index (χ4n) is 5.63. The third-order valence-corrected chi connectivity index (χ3v) is 8.32. The van der Waals surface area contributed by atoms with E-state index in [0.717, 1.165) is 49.9 Å². The predicted octanol–water partition coefficient (Wildman–Crippen LogP) is 7.28. The van der Waals surface area contributed by atoms with Crippen LogP contribution in [0.4, 0.5) is 19.0 Å². The van der Waals surface area contributed by atoms with Crippen LogP contribution in [0.2, 0.25) is 0 Å². The highest BCUT2D eigenvalue weighted by Gasteiger charge is 2.39. The largest absolute Gasteiger partial charge is 0.485 e. The number of carbonyl (C=O) groups excluding carboxylic acids is 1. The first kappa shape index (κ1) is 31.7. The summed E-state index contributed by atoms with van der Waals surface area (Å²) in [6.45, 7) is 5.37. The minimum absolute atomic E-state index is 0.142. The Labute approximate surface area is 259 Å². The van der Waals surface area contributed by atoms with E-state index in [1.165, 1.54) is 17.7 Å². The summed E-state index contributed by atoms with van der Waals surface area (Å²) in [5.74, 6) is -0.656. The van der Waals surface area contributed by atoms with E-state index in [1.54, 1.807) is 18.2 Å². The van der Waals surface area contributed by atoms with Crippen molar-refractivity contribution in [3.8, 4) is 17.0 Å². The molecule has 1 aliphatic heterocycles. The second-order valence-electron chi connectivity index (χ2n) is 11.5. The number of aliphatic carboxylic acids is 1. The summed E-state index contributed by atoms with van der Waals surface area (Å²) in [4.78, 5) is 30.1. The zero-order valence-corrected chi connectivity index (χ0v) is 25.0. The summed E-state index contributed by atoms with van der Waals surface area (Å²) >= 11 is 0. The van der Waals surface area contributed by atoms with Crippen molar-refractivity contribution in [1.29, 1.82) is 5.41 Å². The van der Waals surface area contributed by atoms with Crippen LogP contribution in [0.5, 0.6) is 5.75 Å². The number of nitrogens with zero attached hydrogens (tertiary/aromatic N) is 2. The van der Waals surface area contributed by atoms with Gasteiger partial charge in [-0.05, 0) is 80.3 Å². The molecular formula is C34H35F3N4O4. The molecule has 1 saturated heterocycles. The Morgan fingerprint density at radius 1 is 1.04 bits per heavy atom. The number of benzene rings is 2. The normalized spacial score (nSPS) is 16.9. The van der Waals surface area contributed by atoms with Gasteiger partial charge in [-0.1, -0.05) is 42.5 Å². The second-order valence-corrected chi connectivity index (χ2v) is 11.5. The smallest absolute Gasteiger partial charge is 0.432 e. The van der Waals surface area contributed by atoms with Gasteiger partial charge in [0.05, 0.1) is 5.69 Å². The highest BCUT2D eigenvalue weighted by molar-refractivity contribution is 6.09. The van der Waals surface area contributed by atoms with E-state index < -0.39 is 23.4 Å². The zero-order chi connectivity index (χ0) is 32.3. The average Bonchev–Trinajstić information content (AvgIpc) is 3.87. The topological polar surface area (TPSA) is 116 Å². The quantitative estimate of drug-likeness (QED) is 0.162. The number of nitrogens with one attached hydrogen (secondary N) is 2. The van der Waals surface area contributed by atoms with Crippen molar-refractivity contribution in [2.24, 2.45) is 5.92 Å². The number of hydrogen-bond acceptors (Lipinski definition) is 6. The van der Waals surface area contributed by atoms with Crippen LogP contribution in [0.1, 0.15) is 61.3 Å². The lowest BCUT2D eigenvalue weighted by atomic mass is 9.88. The van der Waals surface area contributed by atoms with E-state index in [-0.39, 0.29) is 24.1 Å². The Kier molecular flexibility index (Phi) is 9.27. The van der Waals surface area contributed by atoms with Crippen LogP contribution in [0.15, 0.2) is 71.9 Å². The number of ether oxygens (including phenoxy) is 1. The summed E-state index contributed by atoms with van der Waals surface area (Å²) in [6, 6.07) is 18.1. The van der Waals surface area contributed by atoms with E-state index in [4.69, 9.17) is 10.1 Å². The number of alkyl halides is 3. The number of hydrogen-bond donors (Lipinski definition) is 3. The molecule has 8 nitrogen and oxygen atoms in total. The maximum absolute atomic E-state index is 13.7. The van der Waals surface area contributed by atoms with Crippen LogP contribution in [0.3, 0.4) is 0 Å². The lowest BCUT2D eigenvalue weighted by molar-refractivity contribution is -0.134. The molecule has 1 aromatic heterocycles. The molecule has 45 heavy (non-hydrogen) atoms. The Morgan fingerprint density at radius 2 is 1.71 bits per heavy atom. The first-order valence-electron chi connectivity index (χ1n) is 14.9. The number of pyridine rings is 1. The molecule has 1 unspecified atom stereocenters. The van der Waals surface area contributed by atoms with Crippen LogP contribution < -0.4 is 10.1 Å². The Hall–Kier alpha value is -4.67. The van der Waals surface area contributed by atoms with Gasteiger partial charge in [0, 0.05) is 30.8 Å². The van der Waals surface area contributed by atoms with E-state index in [1.807, 2.05) is 36.9 Å². The van der Waals surface area contributed by atoms with Gasteiger partial charge in [-0.2, -0.15) is 13.2 Å². The summed E-state index contributed by atoms with van der Waals surface area (Å²) in [6.07, 6.45) is -1.35. The van der Waals surface area contributed by atoms with Gasteiger partial charge in [-0.15, -0.1) is 0 Å². The van der Waals surface area contributed by atoms with Crippen molar-refractivity contribution in [2.45, 2.75) is 57.7 Å². The van der Waals surface area contributed by atoms with Crippen LogP contribution in [-0.4, -0.2) is 52.3 Å². The molecular weight excluding hydrogens is 585 g/mol. The summed E-state index contributed by atoms with van der Waals surface area (Å²) in [5, 5.41) is 18.4. The van der Waals surface area contributed by atoms with Gasteiger partial charge in [0.1, 0.15) is 28.9 Å². The van der Waals surface area contributed by atoms with Crippen LogP contribution in [-0.2, 0) is 9.59 Å². The van der Waals surface area contributed by atoms with E-state index >= 15 is 0 Å². The molecule has 3 N–H and O–H groups in total. The van der Waals surface area contributed by atoms with E-state index in [9.17, 15) is 27.9 Å². The number of carbonyl (C=O) groups is 2. The first-order valence-corrected chi connectivity index (χ1v) is 14.9. The van der Waals surface area contributed by atoms with Gasteiger partial charge in [-0.3, -0.25) is 4.79 Å². The number of rotatable bonds is 10. The van der Waals surface area contributed by atoms with Crippen LogP contribution in [0, 0.1) is 18.3 Å². The summed E-state index contributed by atoms with van der Waals surface area (Å²) in [7, 11) is 0. The molecule has 1 atom stereocenters. The second kappa shape index (κ2) is 13.1. The summed E-state index contributed by atoms with van der Waals surface area (Å²) in [5.41, 5.74) is 1.03. The Morgan fingerprint density at radius 3 is 2.31 bits per heavy atom. The SMILES string of the molecule is Cc1cccc(-c2cccc(N/C(=C(\C=N)C(=O)O)C(F)(F)F)n2)c1OC(C)c1ccc(C2CCN(C(=O)C3CC3)CC2)cc1. The number of carboxylic acids is 1. The fourth-order valence-corrected chi connectivity index (χ4v) is 5.63. The Bertz CT molecular complexity index is 1610. The number of anilines is 1. The van der Waals surface area contributed by atoms with Gasteiger partial charge in [0.15, 0.2) is 0 Å².